The van der Waals surface area contributed by atoms with E-state index in [0.717, 1.165) is 36.4 Å². The third-order valence-corrected chi connectivity index (χ3v) is 3.90. The van der Waals surface area contributed by atoms with Crippen LogP contribution in [0.15, 0.2) is 24.5 Å². The number of nitrogens with zero attached hydrogens (tertiary/aromatic N) is 3. The molecule has 0 aliphatic heterocycles. The van der Waals surface area contributed by atoms with Crippen molar-refractivity contribution in [2.75, 3.05) is 0 Å². The second-order valence-corrected chi connectivity index (χ2v) is 5.77. The number of aliphatic hydroxyl groups is 1. The molecule has 1 unspecified atom stereocenters. The number of hydrogen-bond donors (Lipinski definition) is 1. The Morgan fingerprint density at radius 2 is 2.29 bits per heavy atom. The van der Waals surface area contributed by atoms with Gasteiger partial charge in [0.15, 0.2) is 5.82 Å². The van der Waals surface area contributed by atoms with Crippen LogP contribution in [0.1, 0.15) is 55.8 Å². The average Bonchev–Trinajstić information content (AvgIpc) is 2.94. The second-order valence-electron chi connectivity index (χ2n) is 5.77. The molecule has 1 aromatic carbocycles. The Morgan fingerprint density at radius 3 is 3.10 bits per heavy atom. The SMILES string of the molecule is CC(C)n1ncnc1COc1ccc2c(c1)CCCC2O. The predicted octanol–water partition coefficient (Wildman–Crippen LogP) is 2.81. The van der Waals surface area contributed by atoms with E-state index in [2.05, 4.69) is 23.9 Å². The lowest BCUT2D eigenvalue weighted by atomic mass is 9.89. The topological polar surface area (TPSA) is 60.2 Å². The van der Waals surface area contributed by atoms with Gasteiger partial charge in [-0.25, -0.2) is 9.67 Å². The molecule has 1 aliphatic carbocycles. The maximum Gasteiger partial charge on any atom is 0.165 e. The minimum atomic E-state index is -0.327. The Labute approximate surface area is 124 Å². The van der Waals surface area contributed by atoms with Gasteiger partial charge in [0, 0.05) is 6.04 Å². The van der Waals surface area contributed by atoms with Crippen LogP contribution in [-0.4, -0.2) is 19.9 Å². The van der Waals surface area contributed by atoms with Crippen molar-refractivity contribution >= 4 is 0 Å². The smallest absolute Gasteiger partial charge is 0.165 e. The van der Waals surface area contributed by atoms with Crippen molar-refractivity contribution < 1.29 is 9.84 Å². The van der Waals surface area contributed by atoms with Crippen LogP contribution in [0.2, 0.25) is 0 Å². The highest BCUT2D eigenvalue weighted by Crippen LogP contribution is 2.32. The lowest BCUT2D eigenvalue weighted by molar-refractivity contribution is 0.156. The predicted molar refractivity (Wildman–Crippen MR) is 79.1 cm³/mol. The summed E-state index contributed by atoms with van der Waals surface area (Å²) in [5.74, 6) is 1.64. The highest BCUT2D eigenvalue weighted by Gasteiger charge is 2.18. The van der Waals surface area contributed by atoms with E-state index in [9.17, 15) is 5.11 Å². The van der Waals surface area contributed by atoms with E-state index in [0.29, 0.717) is 6.61 Å². The largest absolute Gasteiger partial charge is 0.486 e. The van der Waals surface area contributed by atoms with Crippen LogP contribution in [0, 0.1) is 0 Å². The molecule has 21 heavy (non-hydrogen) atoms. The van der Waals surface area contributed by atoms with Gasteiger partial charge in [-0.3, -0.25) is 0 Å². The first-order chi connectivity index (χ1) is 10.1. The molecule has 2 aromatic rings. The number of hydrogen-bond acceptors (Lipinski definition) is 4. The van der Waals surface area contributed by atoms with Crippen molar-refractivity contribution in [3.8, 4) is 5.75 Å². The highest BCUT2D eigenvalue weighted by molar-refractivity contribution is 5.38. The molecule has 5 nitrogen and oxygen atoms in total. The first kappa shape index (κ1) is 14.1. The van der Waals surface area contributed by atoms with Gasteiger partial charge in [-0.1, -0.05) is 6.07 Å². The van der Waals surface area contributed by atoms with Crippen LogP contribution in [-0.2, 0) is 13.0 Å². The Balaban J connectivity index is 1.72. The van der Waals surface area contributed by atoms with Crippen molar-refractivity contribution in [3.05, 3.63) is 41.5 Å². The zero-order valence-electron chi connectivity index (χ0n) is 12.5. The first-order valence-corrected chi connectivity index (χ1v) is 7.47. The number of aliphatic hydroxyl groups excluding tert-OH is 1. The van der Waals surface area contributed by atoms with E-state index in [1.807, 2.05) is 22.9 Å². The number of rotatable bonds is 4. The van der Waals surface area contributed by atoms with Crippen molar-refractivity contribution in [1.29, 1.82) is 0 Å². The number of benzene rings is 1. The van der Waals surface area contributed by atoms with Crippen LogP contribution < -0.4 is 4.74 Å². The van der Waals surface area contributed by atoms with Crippen LogP contribution in [0.3, 0.4) is 0 Å². The van der Waals surface area contributed by atoms with Crippen LogP contribution in [0.25, 0.3) is 0 Å². The normalized spacial score (nSPS) is 17.8. The second kappa shape index (κ2) is 5.85. The van der Waals surface area contributed by atoms with Crippen molar-refractivity contribution in [3.63, 3.8) is 0 Å². The van der Waals surface area contributed by atoms with Crippen molar-refractivity contribution in [2.24, 2.45) is 0 Å². The summed E-state index contributed by atoms with van der Waals surface area (Å²) in [6, 6.07) is 6.20. The molecule has 5 heteroatoms. The van der Waals surface area contributed by atoms with Gasteiger partial charge in [0.2, 0.25) is 0 Å². The molecule has 3 rings (SSSR count). The van der Waals surface area contributed by atoms with Gasteiger partial charge < -0.3 is 9.84 Å². The monoisotopic (exact) mass is 287 g/mol. The molecule has 0 fully saturated rings. The van der Waals surface area contributed by atoms with Gasteiger partial charge in [-0.15, -0.1) is 0 Å². The maximum absolute atomic E-state index is 9.97. The number of ether oxygens (including phenoxy) is 1. The lowest BCUT2D eigenvalue weighted by Crippen LogP contribution is -2.12. The average molecular weight is 287 g/mol. The van der Waals surface area contributed by atoms with E-state index in [4.69, 9.17) is 4.74 Å². The van der Waals surface area contributed by atoms with Crippen molar-refractivity contribution in [2.45, 2.75) is 51.9 Å². The van der Waals surface area contributed by atoms with Gasteiger partial charge in [0.1, 0.15) is 18.7 Å². The van der Waals surface area contributed by atoms with E-state index in [-0.39, 0.29) is 12.1 Å². The van der Waals surface area contributed by atoms with Gasteiger partial charge in [0.25, 0.3) is 0 Å². The third-order valence-electron chi connectivity index (χ3n) is 3.90. The molecule has 1 heterocycles. The Bertz CT molecular complexity index is 622. The minimum absolute atomic E-state index is 0.268. The molecule has 1 aromatic heterocycles. The van der Waals surface area contributed by atoms with Crippen LogP contribution in [0.4, 0.5) is 0 Å². The summed E-state index contributed by atoms with van der Waals surface area (Å²) in [5.41, 5.74) is 2.23. The fourth-order valence-electron chi connectivity index (χ4n) is 2.81. The maximum atomic E-state index is 9.97. The molecule has 112 valence electrons. The summed E-state index contributed by atoms with van der Waals surface area (Å²) < 4.78 is 7.70. The van der Waals surface area contributed by atoms with Crippen LogP contribution in [0.5, 0.6) is 5.75 Å². The quantitative estimate of drug-likeness (QED) is 0.939. The van der Waals surface area contributed by atoms with Crippen LogP contribution >= 0.6 is 0 Å². The zero-order valence-corrected chi connectivity index (χ0v) is 12.5. The molecule has 0 amide bonds. The minimum Gasteiger partial charge on any atom is -0.486 e. The number of aryl methyl sites for hydroxylation is 1. The molecular formula is C16H21N3O2. The summed E-state index contributed by atoms with van der Waals surface area (Å²) in [7, 11) is 0. The van der Waals surface area contributed by atoms with E-state index in [1.165, 1.54) is 5.56 Å². The van der Waals surface area contributed by atoms with Gasteiger partial charge >= 0.3 is 0 Å². The summed E-state index contributed by atoms with van der Waals surface area (Å²) in [5, 5.41) is 14.2. The van der Waals surface area contributed by atoms with Gasteiger partial charge in [-0.05, 0) is 56.4 Å². The summed E-state index contributed by atoms with van der Waals surface area (Å²) in [4.78, 5) is 4.24. The summed E-state index contributed by atoms with van der Waals surface area (Å²) in [6.45, 7) is 4.54. The third kappa shape index (κ3) is 2.93. The van der Waals surface area contributed by atoms with E-state index in [1.54, 1.807) is 6.33 Å². The summed E-state index contributed by atoms with van der Waals surface area (Å²) >= 11 is 0. The first-order valence-electron chi connectivity index (χ1n) is 7.47. The van der Waals surface area contributed by atoms with Gasteiger partial charge in [-0.2, -0.15) is 5.10 Å². The molecule has 0 saturated heterocycles. The fraction of sp³-hybridized carbons (Fsp3) is 0.500. The Morgan fingerprint density at radius 1 is 1.43 bits per heavy atom. The van der Waals surface area contributed by atoms with E-state index >= 15 is 0 Å². The molecular weight excluding hydrogens is 266 g/mol. The Kier molecular flexibility index (Phi) is 3.92. The molecule has 1 aliphatic rings. The molecule has 0 radical (unpaired) electrons. The summed E-state index contributed by atoms with van der Waals surface area (Å²) in [6.07, 6.45) is 4.12. The zero-order chi connectivity index (χ0) is 14.8. The molecule has 1 atom stereocenters. The molecule has 0 spiro atoms. The molecule has 1 N–H and O–H groups in total. The van der Waals surface area contributed by atoms with Crippen molar-refractivity contribution in [1.82, 2.24) is 14.8 Å². The number of fused-ring (bicyclic) bond motifs is 1. The fourth-order valence-corrected chi connectivity index (χ4v) is 2.81. The molecule has 0 bridgehead atoms. The highest BCUT2D eigenvalue weighted by atomic mass is 16.5. The standard InChI is InChI=1S/C16H21N3O2/c1-11(2)19-16(17-10-18-19)9-21-13-6-7-14-12(8-13)4-3-5-15(14)20/h6-8,10-11,15,20H,3-5,9H2,1-2H3. The molecule has 0 saturated carbocycles. The van der Waals surface area contributed by atoms with E-state index < -0.39 is 0 Å². The Hall–Kier alpha value is -1.88. The van der Waals surface area contributed by atoms with Gasteiger partial charge in [0.05, 0.1) is 6.10 Å². The lowest BCUT2D eigenvalue weighted by Gasteiger charge is -2.21. The number of aromatic nitrogens is 3.